The van der Waals surface area contributed by atoms with Gasteiger partial charge in [-0.25, -0.2) is 9.79 Å². The number of halogens is 1. The molecule has 0 saturated heterocycles. The highest BCUT2D eigenvalue weighted by Crippen LogP contribution is 2.32. The van der Waals surface area contributed by atoms with Crippen LogP contribution in [0.1, 0.15) is 22.5 Å². The number of fused-ring (bicyclic) bond motifs is 1. The first kappa shape index (κ1) is 12.0. The SMILES string of the molecule is NC1=N/C(=C2/CCOC(=O)c3[nH]c(Br)cc32)C(=O)N1. The molecule has 1 amide bonds. The van der Waals surface area contributed by atoms with Crippen LogP contribution in [0.15, 0.2) is 21.4 Å². The molecule has 19 heavy (non-hydrogen) atoms. The first-order chi connectivity index (χ1) is 9.06. The lowest BCUT2D eigenvalue weighted by molar-refractivity contribution is -0.115. The predicted octanol–water partition coefficient (Wildman–Crippen LogP) is 0.493. The van der Waals surface area contributed by atoms with Gasteiger partial charge in [0.1, 0.15) is 11.4 Å². The summed E-state index contributed by atoms with van der Waals surface area (Å²) in [6.07, 6.45) is 0.405. The van der Waals surface area contributed by atoms with E-state index >= 15 is 0 Å². The van der Waals surface area contributed by atoms with E-state index in [-0.39, 0.29) is 24.2 Å². The molecule has 7 nitrogen and oxygen atoms in total. The maximum absolute atomic E-state index is 11.8. The van der Waals surface area contributed by atoms with Crippen molar-refractivity contribution in [3.63, 3.8) is 0 Å². The molecule has 0 fully saturated rings. The number of nitrogens with one attached hydrogen (secondary N) is 2. The van der Waals surface area contributed by atoms with E-state index in [2.05, 4.69) is 31.2 Å². The van der Waals surface area contributed by atoms with Gasteiger partial charge in [0, 0.05) is 12.0 Å². The maximum atomic E-state index is 11.8. The molecule has 1 aromatic rings. The van der Waals surface area contributed by atoms with Gasteiger partial charge in [-0.15, -0.1) is 0 Å². The first-order valence-corrected chi connectivity index (χ1v) is 6.30. The Labute approximate surface area is 116 Å². The first-order valence-electron chi connectivity index (χ1n) is 5.51. The lowest BCUT2D eigenvalue weighted by Crippen LogP contribution is -2.30. The van der Waals surface area contributed by atoms with Crippen LogP contribution in [0.4, 0.5) is 0 Å². The summed E-state index contributed by atoms with van der Waals surface area (Å²) in [4.78, 5) is 30.4. The van der Waals surface area contributed by atoms with E-state index in [0.717, 1.165) is 0 Å². The molecule has 0 unspecified atom stereocenters. The molecule has 0 atom stereocenters. The van der Waals surface area contributed by atoms with E-state index < -0.39 is 5.97 Å². The molecule has 0 aromatic carbocycles. The number of rotatable bonds is 0. The Hall–Kier alpha value is -2.09. The topological polar surface area (TPSA) is 110 Å². The minimum Gasteiger partial charge on any atom is -0.461 e. The van der Waals surface area contributed by atoms with Crippen molar-refractivity contribution in [1.82, 2.24) is 10.3 Å². The van der Waals surface area contributed by atoms with Crippen LogP contribution in [-0.2, 0) is 9.53 Å². The fraction of sp³-hybridized carbons (Fsp3) is 0.182. The summed E-state index contributed by atoms with van der Waals surface area (Å²) in [6.45, 7) is 0.195. The van der Waals surface area contributed by atoms with Crippen LogP contribution in [0, 0.1) is 0 Å². The van der Waals surface area contributed by atoms with Crippen molar-refractivity contribution in [2.24, 2.45) is 10.7 Å². The number of aliphatic imine (C=N–C) groups is 1. The number of aromatic amines is 1. The Morgan fingerprint density at radius 1 is 1.42 bits per heavy atom. The normalized spacial score (nSPS) is 22.5. The molecule has 4 N–H and O–H groups in total. The van der Waals surface area contributed by atoms with E-state index in [4.69, 9.17) is 10.5 Å². The second kappa shape index (κ2) is 4.23. The Morgan fingerprint density at radius 3 is 2.89 bits per heavy atom. The molecule has 3 heterocycles. The molecule has 0 bridgehead atoms. The number of nitrogens with zero attached hydrogens (tertiary/aromatic N) is 1. The number of esters is 1. The monoisotopic (exact) mass is 324 g/mol. The number of hydrogen-bond acceptors (Lipinski definition) is 5. The number of cyclic esters (lactones) is 1. The van der Waals surface area contributed by atoms with Crippen molar-refractivity contribution >= 4 is 39.3 Å². The van der Waals surface area contributed by atoms with Crippen LogP contribution in [0.3, 0.4) is 0 Å². The quantitative estimate of drug-likeness (QED) is 0.476. The highest BCUT2D eigenvalue weighted by molar-refractivity contribution is 9.10. The molecule has 0 spiro atoms. The van der Waals surface area contributed by atoms with Crippen molar-refractivity contribution in [1.29, 1.82) is 0 Å². The van der Waals surface area contributed by atoms with Gasteiger partial charge in [-0.1, -0.05) is 0 Å². The van der Waals surface area contributed by atoms with E-state index in [0.29, 0.717) is 27.9 Å². The van der Waals surface area contributed by atoms with Crippen molar-refractivity contribution in [2.75, 3.05) is 6.61 Å². The smallest absolute Gasteiger partial charge is 0.355 e. The number of hydrogen-bond donors (Lipinski definition) is 3. The third-order valence-corrected chi connectivity index (χ3v) is 3.30. The average molecular weight is 325 g/mol. The van der Waals surface area contributed by atoms with E-state index in [1.54, 1.807) is 6.07 Å². The molecule has 1 aromatic heterocycles. The highest BCUT2D eigenvalue weighted by atomic mass is 79.9. The Balaban J connectivity index is 2.22. The third-order valence-electron chi connectivity index (χ3n) is 2.87. The Bertz CT molecular complexity index is 659. The van der Waals surface area contributed by atoms with Gasteiger partial charge in [0.15, 0.2) is 0 Å². The zero-order chi connectivity index (χ0) is 13.6. The molecule has 0 saturated carbocycles. The van der Waals surface area contributed by atoms with Crippen LogP contribution < -0.4 is 11.1 Å². The fourth-order valence-corrected chi connectivity index (χ4v) is 2.53. The van der Waals surface area contributed by atoms with Gasteiger partial charge in [0.05, 0.1) is 11.2 Å². The Kier molecular flexibility index (Phi) is 2.67. The van der Waals surface area contributed by atoms with E-state index in [9.17, 15) is 9.59 Å². The van der Waals surface area contributed by atoms with Crippen molar-refractivity contribution in [3.05, 3.63) is 27.6 Å². The van der Waals surface area contributed by atoms with Crippen molar-refractivity contribution in [3.8, 4) is 0 Å². The number of carbonyl (C=O) groups is 2. The minimum atomic E-state index is -0.452. The van der Waals surface area contributed by atoms with Crippen molar-refractivity contribution in [2.45, 2.75) is 6.42 Å². The predicted molar refractivity (Wildman–Crippen MR) is 70.1 cm³/mol. The zero-order valence-electron chi connectivity index (χ0n) is 9.62. The summed E-state index contributed by atoms with van der Waals surface area (Å²) >= 11 is 3.26. The lowest BCUT2D eigenvalue weighted by atomic mass is 10.0. The van der Waals surface area contributed by atoms with Gasteiger partial charge >= 0.3 is 5.97 Å². The summed E-state index contributed by atoms with van der Waals surface area (Å²) in [5, 5.41) is 2.42. The fourth-order valence-electron chi connectivity index (χ4n) is 2.10. The number of carbonyl (C=O) groups excluding carboxylic acids is 2. The average Bonchev–Trinajstić information content (AvgIpc) is 2.84. The molecule has 0 radical (unpaired) electrons. The van der Waals surface area contributed by atoms with Crippen LogP contribution in [0.25, 0.3) is 5.57 Å². The number of nitrogens with two attached hydrogens (primary N) is 1. The largest absolute Gasteiger partial charge is 0.461 e. The summed E-state index contributed by atoms with van der Waals surface area (Å²) in [7, 11) is 0. The van der Waals surface area contributed by atoms with Gasteiger partial charge in [0.25, 0.3) is 5.91 Å². The molecule has 2 aliphatic heterocycles. The molecule has 8 heteroatoms. The number of aromatic nitrogens is 1. The number of guanidine groups is 1. The lowest BCUT2D eigenvalue weighted by Gasteiger charge is -2.03. The number of H-pyrrole nitrogens is 1. The van der Waals surface area contributed by atoms with Gasteiger partial charge < -0.3 is 15.5 Å². The molecular weight excluding hydrogens is 316 g/mol. The highest BCUT2D eigenvalue weighted by Gasteiger charge is 2.29. The third kappa shape index (κ3) is 1.93. The minimum absolute atomic E-state index is 0.0557. The molecule has 98 valence electrons. The van der Waals surface area contributed by atoms with Crippen LogP contribution in [0.2, 0.25) is 0 Å². The van der Waals surface area contributed by atoms with Crippen LogP contribution in [0.5, 0.6) is 0 Å². The van der Waals surface area contributed by atoms with E-state index in [1.807, 2.05) is 0 Å². The van der Waals surface area contributed by atoms with Gasteiger partial charge in [-0.2, -0.15) is 0 Å². The maximum Gasteiger partial charge on any atom is 0.355 e. The van der Waals surface area contributed by atoms with E-state index in [1.165, 1.54) is 0 Å². The summed E-state index contributed by atoms with van der Waals surface area (Å²) in [5.41, 5.74) is 7.26. The second-order valence-electron chi connectivity index (χ2n) is 4.07. The van der Waals surface area contributed by atoms with Crippen molar-refractivity contribution < 1.29 is 14.3 Å². The molecule has 0 aliphatic carbocycles. The van der Waals surface area contributed by atoms with Crippen LogP contribution in [-0.4, -0.2) is 29.4 Å². The molecule has 2 aliphatic rings. The molecule has 3 rings (SSSR count). The Morgan fingerprint density at radius 2 is 2.21 bits per heavy atom. The molecular formula is C11H9BrN4O3. The summed E-state index contributed by atoms with van der Waals surface area (Å²) < 4.78 is 5.69. The zero-order valence-corrected chi connectivity index (χ0v) is 11.2. The van der Waals surface area contributed by atoms with Gasteiger partial charge in [-0.05, 0) is 27.6 Å². The van der Waals surface area contributed by atoms with Gasteiger partial charge in [-0.3, -0.25) is 10.1 Å². The standard InChI is InChI=1S/C11H9BrN4O3/c12-6-3-5-4(7-9(17)16-11(13)15-7)1-2-19-10(18)8(5)14-6/h3,14H,1-2H2,(H3,13,15,16,17)/b7-4-. The number of ether oxygens (including phenoxy) is 1. The number of amides is 1. The van der Waals surface area contributed by atoms with Gasteiger partial charge in [0.2, 0.25) is 5.96 Å². The van der Waals surface area contributed by atoms with Crippen LogP contribution >= 0.6 is 15.9 Å². The second-order valence-corrected chi connectivity index (χ2v) is 4.92. The summed E-state index contributed by atoms with van der Waals surface area (Å²) in [5.74, 6) is -0.767. The summed E-state index contributed by atoms with van der Waals surface area (Å²) in [6, 6.07) is 1.72.